The van der Waals surface area contributed by atoms with Crippen molar-refractivity contribution >= 4 is 11.8 Å². The zero-order valence-electron chi connectivity index (χ0n) is 17.7. The largest absolute Gasteiger partial charge is 0.330 e. The fourth-order valence-electron chi connectivity index (χ4n) is 5.95. The van der Waals surface area contributed by atoms with Gasteiger partial charge in [0.2, 0.25) is 11.8 Å². The van der Waals surface area contributed by atoms with Gasteiger partial charge in [-0.05, 0) is 49.8 Å². The molecule has 0 aromatic heterocycles. The van der Waals surface area contributed by atoms with Crippen molar-refractivity contribution in [3.05, 3.63) is 35.4 Å². The summed E-state index contributed by atoms with van der Waals surface area (Å²) in [6.07, 6.45) is 2.44. The molecule has 1 aromatic carbocycles. The number of fused-ring (bicyclic) bond motifs is 3. The van der Waals surface area contributed by atoms with Crippen LogP contribution in [0.15, 0.2) is 18.2 Å². The van der Waals surface area contributed by atoms with Gasteiger partial charge in [-0.15, -0.1) is 0 Å². The second kappa shape index (κ2) is 7.27. The molecule has 0 spiro atoms. The number of carbonyl (C=O) groups is 2. The molecule has 4 aliphatic rings. The highest BCUT2D eigenvalue weighted by molar-refractivity contribution is 5.86. The van der Waals surface area contributed by atoms with Crippen LogP contribution >= 0.6 is 0 Å². The molecule has 4 fully saturated rings. The van der Waals surface area contributed by atoms with E-state index in [1.54, 1.807) is 16.7 Å². The van der Waals surface area contributed by atoms with Crippen molar-refractivity contribution in [3.63, 3.8) is 0 Å². The van der Waals surface area contributed by atoms with Crippen molar-refractivity contribution in [3.8, 4) is 6.07 Å². The summed E-state index contributed by atoms with van der Waals surface area (Å²) in [5.41, 5.74) is 0.448. The number of hydrogen-bond acceptors (Lipinski definition) is 4. The predicted octanol–water partition coefficient (Wildman–Crippen LogP) is 2.46. The zero-order chi connectivity index (χ0) is 22.0. The van der Waals surface area contributed by atoms with E-state index in [9.17, 15) is 23.6 Å². The fourth-order valence-corrected chi connectivity index (χ4v) is 5.95. The van der Waals surface area contributed by atoms with Gasteiger partial charge in [0.15, 0.2) is 0 Å². The molecule has 2 bridgehead atoms. The Balaban J connectivity index is 1.24. The summed E-state index contributed by atoms with van der Waals surface area (Å²) in [4.78, 5) is 31.7. The fraction of sp³-hybridized carbons (Fsp3) is 0.609. The number of nitrogens with zero attached hydrogens (tertiary/aromatic N) is 4. The summed E-state index contributed by atoms with van der Waals surface area (Å²) in [6, 6.07) is 4.78. The van der Waals surface area contributed by atoms with E-state index in [1.165, 1.54) is 12.1 Å². The molecule has 0 radical (unpaired) electrons. The van der Waals surface area contributed by atoms with Crippen molar-refractivity contribution in [1.29, 1.82) is 5.26 Å². The highest BCUT2D eigenvalue weighted by atomic mass is 19.1. The quantitative estimate of drug-likeness (QED) is 0.723. The first-order chi connectivity index (χ1) is 14.8. The van der Waals surface area contributed by atoms with Crippen LogP contribution in [0.3, 0.4) is 0 Å². The maximum absolute atomic E-state index is 13.6. The number of piperazine rings is 1. The van der Waals surface area contributed by atoms with Crippen molar-refractivity contribution < 1.29 is 18.4 Å². The number of carbonyl (C=O) groups excluding carboxylic acids is 2. The Morgan fingerprint density at radius 1 is 1.19 bits per heavy atom. The molecular formula is C23H26F2N4O2. The van der Waals surface area contributed by atoms with Crippen LogP contribution in [0.5, 0.6) is 0 Å². The van der Waals surface area contributed by atoms with Gasteiger partial charge in [0.1, 0.15) is 17.7 Å². The zero-order valence-corrected chi connectivity index (χ0v) is 17.7. The Kier molecular flexibility index (Phi) is 4.78. The Morgan fingerprint density at radius 2 is 1.90 bits per heavy atom. The summed E-state index contributed by atoms with van der Waals surface area (Å²) in [5, 5.41) is 9.37. The number of rotatable bonds is 5. The van der Waals surface area contributed by atoms with E-state index in [4.69, 9.17) is 0 Å². The first-order valence-corrected chi connectivity index (χ1v) is 11.0. The second-order valence-electron chi connectivity index (χ2n) is 9.57. The van der Waals surface area contributed by atoms with Crippen LogP contribution < -0.4 is 0 Å². The van der Waals surface area contributed by atoms with Crippen molar-refractivity contribution in [2.24, 2.45) is 11.8 Å². The van der Waals surface area contributed by atoms with Gasteiger partial charge in [0, 0.05) is 37.2 Å². The minimum atomic E-state index is -0.650. The van der Waals surface area contributed by atoms with Crippen LogP contribution in [0.2, 0.25) is 0 Å². The molecule has 1 aliphatic carbocycles. The first kappa shape index (κ1) is 20.4. The number of amides is 2. The molecule has 0 N–H and O–H groups in total. The molecule has 5 rings (SSSR count). The third-order valence-electron chi connectivity index (χ3n) is 7.54. The van der Waals surface area contributed by atoms with E-state index in [0.717, 1.165) is 18.9 Å². The average molecular weight is 428 g/mol. The summed E-state index contributed by atoms with van der Waals surface area (Å²) < 4.78 is 27.3. The van der Waals surface area contributed by atoms with Gasteiger partial charge in [-0.3, -0.25) is 14.5 Å². The van der Waals surface area contributed by atoms with Crippen LogP contribution in [-0.2, 0) is 9.59 Å². The van der Waals surface area contributed by atoms with E-state index >= 15 is 0 Å². The molecule has 3 heterocycles. The number of hydrogen-bond donors (Lipinski definition) is 0. The van der Waals surface area contributed by atoms with E-state index in [0.29, 0.717) is 31.0 Å². The molecule has 3 aliphatic heterocycles. The normalized spacial score (nSPS) is 33.4. The highest BCUT2D eigenvalue weighted by Crippen LogP contribution is 2.48. The number of likely N-dealkylation sites (tertiary alicyclic amines) is 3. The van der Waals surface area contributed by atoms with Crippen LogP contribution in [-0.4, -0.2) is 63.8 Å². The molecule has 8 heteroatoms. The lowest BCUT2D eigenvalue weighted by atomic mass is 10.0. The summed E-state index contributed by atoms with van der Waals surface area (Å²) in [5.74, 6) is -1.15. The predicted molar refractivity (Wildman–Crippen MR) is 107 cm³/mol. The van der Waals surface area contributed by atoms with Gasteiger partial charge >= 0.3 is 0 Å². The molecule has 7 atom stereocenters. The standard InChI is InChI=1S/C23H26F2N4O2/c1-12(22(30)29-18(9-26)5-15-6-20(15)29)10-27-11-19-8-21(27)23(31)28(19)13(2)14-3-16(24)7-17(25)4-14/h3-4,7,12-13,15,18-21H,5-6,8,10-11H2,1-2H3/t12-,13+,15+,18-,19?,20?,21-/m0/s1. The minimum absolute atomic E-state index is 0.00670. The highest BCUT2D eigenvalue weighted by Gasteiger charge is 2.55. The van der Waals surface area contributed by atoms with E-state index in [1.807, 2.05) is 6.92 Å². The molecular weight excluding hydrogens is 402 g/mol. The number of halogens is 2. The minimum Gasteiger partial charge on any atom is -0.330 e. The second-order valence-corrected chi connectivity index (χ2v) is 9.57. The molecule has 2 amide bonds. The lowest BCUT2D eigenvalue weighted by Crippen LogP contribution is -2.53. The third-order valence-corrected chi connectivity index (χ3v) is 7.54. The van der Waals surface area contributed by atoms with Gasteiger partial charge < -0.3 is 9.80 Å². The SMILES string of the molecule is C[C@H](c1cc(F)cc(F)c1)N1C(=O)[C@@H]2CC1CN2C[C@H](C)C(=O)N1C2C[C@H]2C[C@H]1C#N. The van der Waals surface area contributed by atoms with Gasteiger partial charge in [-0.25, -0.2) is 8.78 Å². The molecule has 1 aromatic rings. The lowest BCUT2D eigenvalue weighted by molar-refractivity contribution is -0.142. The summed E-state index contributed by atoms with van der Waals surface area (Å²) >= 11 is 0. The third kappa shape index (κ3) is 3.30. The topological polar surface area (TPSA) is 67.7 Å². The van der Waals surface area contributed by atoms with Crippen LogP contribution in [0.4, 0.5) is 8.78 Å². The number of benzene rings is 1. The summed E-state index contributed by atoms with van der Waals surface area (Å²) in [6.45, 7) is 4.79. The van der Waals surface area contributed by atoms with Gasteiger partial charge in [-0.2, -0.15) is 5.26 Å². The Labute approximate surface area is 180 Å². The molecule has 6 nitrogen and oxygen atoms in total. The van der Waals surface area contributed by atoms with Gasteiger partial charge in [-0.1, -0.05) is 6.92 Å². The van der Waals surface area contributed by atoms with Crippen molar-refractivity contribution in [1.82, 2.24) is 14.7 Å². The smallest absolute Gasteiger partial charge is 0.240 e. The Hall–Kier alpha value is -2.53. The lowest BCUT2D eigenvalue weighted by Gasteiger charge is -2.38. The van der Waals surface area contributed by atoms with E-state index in [2.05, 4.69) is 11.0 Å². The summed E-state index contributed by atoms with van der Waals surface area (Å²) in [7, 11) is 0. The van der Waals surface area contributed by atoms with Crippen LogP contribution in [0.1, 0.15) is 44.7 Å². The Bertz CT molecular complexity index is 959. The maximum Gasteiger partial charge on any atom is 0.240 e. The number of piperidine rings is 1. The van der Waals surface area contributed by atoms with Gasteiger partial charge in [0.25, 0.3) is 0 Å². The molecule has 2 unspecified atom stereocenters. The van der Waals surface area contributed by atoms with Crippen LogP contribution in [0.25, 0.3) is 0 Å². The molecule has 164 valence electrons. The molecule has 31 heavy (non-hydrogen) atoms. The monoisotopic (exact) mass is 428 g/mol. The average Bonchev–Trinajstić information content (AvgIpc) is 3.05. The molecule has 1 saturated carbocycles. The van der Waals surface area contributed by atoms with Gasteiger partial charge in [0.05, 0.1) is 18.2 Å². The van der Waals surface area contributed by atoms with Crippen molar-refractivity contribution in [2.75, 3.05) is 13.1 Å². The van der Waals surface area contributed by atoms with E-state index in [-0.39, 0.29) is 41.9 Å². The van der Waals surface area contributed by atoms with E-state index < -0.39 is 17.7 Å². The Morgan fingerprint density at radius 3 is 2.55 bits per heavy atom. The molecule has 3 saturated heterocycles. The van der Waals surface area contributed by atoms with Crippen LogP contribution in [0, 0.1) is 34.8 Å². The number of nitriles is 1. The maximum atomic E-state index is 13.6. The first-order valence-electron chi connectivity index (χ1n) is 11.0. The van der Waals surface area contributed by atoms with Crippen molar-refractivity contribution in [2.45, 2.75) is 63.3 Å².